The first-order valence-corrected chi connectivity index (χ1v) is 7.05. The van der Waals surface area contributed by atoms with Crippen LogP contribution in [0, 0.1) is 0 Å². The van der Waals surface area contributed by atoms with Crippen molar-refractivity contribution in [1.29, 1.82) is 0 Å². The van der Waals surface area contributed by atoms with Gasteiger partial charge in [-0.15, -0.1) is 0 Å². The fourth-order valence-corrected chi connectivity index (χ4v) is 2.60. The van der Waals surface area contributed by atoms with Crippen LogP contribution in [0.3, 0.4) is 0 Å². The number of hydrogen-bond acceptors (Lipinski definition) is 4. The number of hydrogen-bond donors (Lipinski definition) is 2. The quantitative estimate of drug-likeness (QED) is 0.315. The van der Waals surface area contributed by atoms with Crippen LogP contribution in [0.25, 0.3) is 0 Å². The van der Waals surface area contributed by atoms with Crippen LogP contribution in [-0.2, 0) is 4.79 Å². The summed E-state index contributed by atoms with van der Waals surface area (Å²) in [5, 5.41) is 0. The maximum atomic E-state index is 11.0. The average molecular weight is 256 g/mol. The number of carbonyl (C=O) groups excluding carboxylic acids is 1. The summed E-state index contributed by atoms with van der Waals surface area (Å²) in [6.45, 7) is 7.03. The molecule has 0 saturated carbocycles. The molecule has 5 nitrogen and oxygen atoms in total. The molecule has 0 spiro atoms. The van der Waals surface area contributed by atoms with Crippen LogP contribution in [0.5, 0.6) is 0 Å². The number of hydrazine groups is 1. The van der Waals surface area contributed by atoms with E-state index < -0.39 is 0 Å². The molecule has 5 heteroatoms. The smallest absolute Gasteiger partial charge is 0.233 e. The second kappa shape index (κ2) is 8.45. The van der Waals surface area contributed by atoms with Gasteiger partial charge in [0.05, 0.1) is 0 Å². The van der Waals surface area contributed by atoms with Crippen LogP contribution < -0.4 is 11.3 Å². The summed E-state index contributed by atoms with van der Waals surface area (Å²) in [5.74, 6) is 4.98. The first kappa shape index (κ1) is 15.4. The third kappa shape index (κ3) is 5.80. The highest BCUT2D eigenvalue weighted by molar-refractivity contribution is 5.74. The standard InChI is InChI=1S/C13H28N4O/c1-12-11-16(2)8-6-10-17(12)9-5-3-4-7-13(18)15-14/h12H,3-11,14H2,1-2H3,(H,15,18). The van der Waals surface area contributed by atoms with Gasteiger partial charge in [0.15, 0.2) is 0 Å². The highest BCUT2D eigenvalue weighted by Crippen LogP contribution is 2.10. The van der Waals surface area contributed by atoms with Gasteiger partial charge in [-0.2, -0.15) is 0 Å². The molecule has 1 aliphatic rings. The minimum atomic E-state index is -0.0558. The van der Waals surface area contributed by atoms with Crippen molar-refractivity contribution in [3.63, 3.8) is 0 Å². The van der Waals surface area contributed by atoms with Crippen molar-refractivity contribution >= 4 is 5.91 Å². The van der Waals surface area contributed by atoms with Gasteiger partial charge in [-0.3, -0.25) is 15.1 Å². The SMILES string of the molecule is CC1CN(C)CCCN1CCCCCC(=O)NN. The van der Waals surface area contributed by atoms with E-state index in [2.05, 4.69) is 29.2 Å². The summed E-state index contributed by atoms with van der Waals surface area (Å²) in [6, 6.07) is 0.643. The molecule has 0 bridgehead atoms. The molecule has 1 aliphatic heterocycles. The molecular formula is C13H28N4O. The molecule has 0 aromatic heterocycles. The predicted molar refractivity (Wildman–Crippen MR) is 73.9 cm³/mol. The maximum absolute atomic E-state index is 11.0. The molecule has 1 rings (SSSR count). The van der Waals surface area contributed by atoms with E-state index in [9.17, 15) is 4.79 Å². The molecule has 0 radical (unpaired) electrons. The van der Waals surface area contributed by atoms with Crippen LogP contribution in [0.1, 0.15) is 39.0 Å². The zero-order valence-corrected chi connectivity index (χ0v) is 11.8. The minimum absolute atomic E-state index is 0.0558. The zero-order valence-electron chi connectivity index (χ0n) is 11.8. The number of nitrogens with zero attached hydrogens (tertiary/aromatic N) is 2. The first-order valence-electron chi connectivity index (χ1n) is 7.05. The number of nitrogens with one attached hydrogen (secondary N) is 1. The summed E-state index contributed by atoms with van der Waals surface area (Å²) >= 11 is 0. The Morgan fingerprint density at radius 1 is 1.33 bits per heavy atom. The van der Waals surface area contributed by atoms with Crippen LogP contribution in [0.4, 0.5) is 0 Å². The summed E-state index contributed by atoms with van der Waals surface area (Å²) in [5.41, 5.74) is 2.17. The number of rotatable bonds is 6. The molecular weight excluding hydrogens is 228 g/mol. The van der Waals surface area contributed by atoms with Crippen molar-refractivity contribution in [1.82, 2.24) is 15.2 Å². The van der Waals surface area contributed by atoms with E-state index in [0.717, 1.165) is 25.9 Å². The highest BCUT2D eigenvalue weighted by Gasteiger charge is 2.18. The second-order valence-electron chi connectivity index (χ2n) is 5.38. The Morgan fingerprint density at radius 2 is 2.11 bits per heavy atom. The summed E-state index contributed by atoms with van der Waals surface area (Å²) in [6.07, 6.45) is 5.02. The van der Waals surface area contributed by atoms with Crippen LogP contribution >= 0.6 is 0 Å². The molecule has 1 heterocycles. The predicted octanol–water partition coefficient (Wildman–Crippen LogP) is 0.563. The molecule has 1 amide bonds. The van der Waals surface area contributed by atoms with E-state index in [1.165, 1.54) is 25.9 Å². The molecule has 1 fully saturated rings. The van der Waals surface area contributed by atoms with Crippen LogP contribution in [-0.4, -0.2) is 55.0 Å². The second-order valence-corrected chi connectivity index (χ2v) is 5.38. The summed E-state index contributed by atoms with van der Waals surface area (Å²) in [4.78, 5) is 15.9. The van der Waals surface area contributed by atoms with E-state index in [0.29, 0.717) is 12.5 Å². The van der Waals surface area contributed by atoms with Crippen molar-refractivity contribution in [2.75, 3.05) is 33.2 Å². The lowest BCUT2D eigenvalue weighted by Crippen LogP contribution is -2.38. The normalized spacial score (nSPS) is 22.7. The number of unbranched alkanes of at least 4 members (excludes halogenated alkanes) is 2. The molecule has 3 N–H and O–H groups in total. The minimum Gasteiger partial charge on any atom is -0.305 e. The van der Waals surface area contributed by atoms with Crippen molar-refractivity contribution < 1.29 is 4.79 Å². The van der Waals surface area contributed by atoms with Gasteiger partial charge >= 0.3 is 0 Å². The third-order valence-corrected chi connectivity index (χ3v) is 3.69. The Labute approximate surface area is 111 Å². The Kier molecular flexibility index (Phi) is 7.23. The number of likely N-dealkylation sites (N-methyl/N-ethyl adjacent to an activating group) is 1. The van der Waals surface area contributed by atoms with Crippen LogP contribution in [0.15, 0.2) is 0 Å². The van der Waals surface area contributed by atoms with Crippen molar-refractivity contribution in [2.24, 2.45) is 5.84 Å². The molecule has 0 aromatic carbocycles. The average Bonchev–Trinajstić information content (AvgIpc) is 2.50. The van der Waals surface area contributed by atoms with Gasteiger partial charge in [-0.25, -0.2) is 5.84 Å². The van der Waals surface area contributed by atoms with Gasteiger partial charge in [0, 0.05) is 19.0 Å². The largest absolute Gasteiger partial charge is 0.305 e. The monoisotopic (exact) mass is 256 g/mol. The molecule has 1 unspecified atom stereocenters. The van der Waals surface area contributed by atoms with Gasteiger partial charge in [0.25, 0.3) is 0 Å². The highest BCUT2D eigenvalue weighted by atomic mass is 16.2. The summed E-state index contributed by atoms with van der Waals surface area (Å²) in [7, 11) is 2.20. The Hall–Kier alpha value is -0.650. The number of nitrogens with two attached hydrogens (primary N) is 1. The first-order chi connectivity index (χ1) is 8.63. The van der Waals surface area contributed by atoms with E-state index >= 15 is 0 Å². The maximum Gasteiger partial charge on any atom is 0.233 e. The van der Waals surface area contributed by atoms with Crippen molar-refractivity contribution in [2.45, 2.75) is 45.1 Å². The van der Waals surface area contributed by atoms with Gasteiger partial charge in [0.2, 0.25) is 5.91 Å². The van der Waals surface area contributed by atoms with Gasteiger partial charge in [0.1, 0.15) is 0 Å². The molecule has 18 heavy (non-hydrogen) atoms. The molecule has 0 aromatic rings. The molecule has 106 valence electrons. The topological polar surface area (TPSA) is 61.6 Å². The van der Waals surface area contributed by atoms with Crippen molar-refractivity contribution in [3.05, 3.63) is 0 Å². The van der Waals surface area contributed by atoms with Crippen LogP contribution in [0.2, 0.25) is 0 Å². The third-order valence-electron chi connectivity index (χ3n) is 3.69. The Bertz CT molecular complexity index is 247. The lowest BCUT2D eigenvalue weighted by molar-refractivity contribution is -0.121. The lowest BCUT2D eigenvalue weighted by atomic mass is 10.1. The van der Waals surface area contributed by atoms with Gasteiger partial charge in [-0.1, -0.05) is 6.42 Å². The molecule has 1 saturated heterocycles. The molecule has 0 aliphatic carbocycles. The number of amides is 1. The van der Waals surface area contributed by atoms with E-state index in [1.807, 2.05) is 0 Å². The fourth-order valence-electron chi connectivity index (χ4n) is 2.60. The lowest BCUT2D eigenvalue weighted by Gasteiger charge is -2.27. The Balaban J connectivity index is 2.12. The van der Waals surface area contributed by atoms with Crippen molar-refractivity contribution in [3.8, 4) is 0 Å². The Morgan fingerprint density at radius 3 is 2.83 bits per heavy atom. The van der Waals surface area contributed by atoms with Gasteiger partial charge < -0.3 is 4.90 Å². The summed E-state index contributed by atoms with van der Waals surface area (Å²) < 4.78 is 0. The fraction of sp³-hybridized carbons (Fsp3) is 0.923. The van der Waals surface area contributed by atoms with E-state index in [1.54, 1.807) is 0 Å². The number of carbonyl (C=O) groups is 1. The zero-order chi connectivity index (χ0) is 13.4. The van der Waals surface area contributed by atoms with E-state index in [-0.39, 0.29) is 5.91 Å². The van der Waals surface area contributed by atoms with E-state index in [4.69, 9.17) is 5.84 Å². The molecule has 1 atom stereocenters. The van der Waals surface area contributed by atoms with Gasteiger partial charge in [-0.05, 0) is 52.9 Å².